The van der Waals surface area contributed by atoms with Crippen LogP contribution in [0.5, 0.6) is 11.5 Å². The van der Waals surface area contributed by atoms with Crippen molar-refractivity contribution in [2.24, 2.45) is 4.99 Å². The highest BCUT2D eigenvalue weighted by Gasteiger charge is 2.27. The van der Waals surface area contributed by atoms with Gasteiger partial charge in [-0.1, -0.05) is 6.07 Å². The number of hydrogen-bond acceptors (Lipinski definition) is 6. The molecule has 126 valence electrons. The van der Waals surface area contributed by atoms with Crippen molar-refractivity contribution in [2.75, 3.05) is 13.7 Å². The summed E-state index contributed by atoms with van der Waals surface area (Å²) in [7, 11) is 1.50. The molecule has 0 saturated heterocycles. The molecule has 0 spiro atoms. The maximum Gasteiger partial charge on any atom is 0.341 e. The number of phenols is 1. The number of ether oxygens (including phenoxy) is 2. The Morgan fingerprint density at radius 3 is 3.00 bits per heavy atom. The monoisotopic (exact) mass is 345 g/mol. The first kappa shape index (κ1) is 16.5. The number of hydrogen-bond donors (Lipinski definition) is 1. The third-order valence-electron chi connectivity index (χ3n) is 3.95. The molecule has 1 aromatic heterocycles. The number of aromatic hydroxyl groups is 1. The fraction of sp³-hybridized carbons (Fsp3) is 0.333. The van der Waals surface area contributed by atoms with Gasteiger partial charge in [0.15, 0.2) is 11.5 Å². The fourth-order valence-corrected chi connectivity index (χ4v) is 4.05. The van der Waals surface area contributed by atoms with E-state index in [2.05, 4.69) is 4.99 Å². The lowest BCUT2D eigenvalue weighted by molar-refractivity contribution is 0.0527. The van der Waals surface area contributed by atoms with Crippen LogP contribution in [0.3, 0.4) is 0 Å². The number of carbonyl (C=O) groups excluding carboxylic acids is 1. The maximum absolute atomic E-state index is 12.3. The predicted octanol–water partition coefficient (Wildman–Crippen LogP) is 3.88. The number of methoxy groups -OCH3 is 1. The van der Waals surface area contributed by atoms with Crippen molar-refractivity contribution in [1.82, 2.24) is 0 Å². The van der Waals surface area contributed by atoms with Crippen molar-refractivity contribution in [3.63, 3.8) is 0 Å². The van der Waals surface area contributed by atoms with Gasteiger partial charge in [-0.25, -0.2) is 9.79 Å². The summed E-state index contributed by atoms with van der Waals surface area (Å²) in [5.41, 5.74) is 2.19. The van der Waals surface area contributed by atoms with E-state index in [1.807, 2.05) is 0 Å². The van der Waals surface area contributed by atoms with Gasteiger partial charge in [0.05, 0.1) is 19.3 Å². The van der Waals surface area contributed by atoms with Gasteiger partial charge in [0.25, 0.3) is 0 Å². The van der Waals surface area contributed by atoms with Crippen LogP contribution >= 0.6 is 11.3 Å². The van der Waals surface area contributed by atoms with Crippen molar-refractivity contribution in [1.29, 1.82) is 0 Å². The third kappa shape index (κ3) is 3.01. The summed E-state index contributed by atoms with van der Waals surface area (Å²) in [5.74, 6) is 0.0997. The van der Waals surface area contributed by atoms with Gasteiger partial charge in [-0.2, -0.15) is 0 Å². The summed E-state index contributed by atoms with van der Waals surface area (Å²) >= 11 is 1.53. The van der Waals surface area contributed by atoms with Gasteiger partial charge in [-0.3, -0.25) is 0 Å². The number of rotatable bonds is 5. The molecule has 1 heterocycles. The molecule has 0 bridgehead atoms. The molecule has 5 nitrogen and oxygen atoms in total. The van der Waals surface area contributed by atoms with Gasteiger partial charge in [0.1, 0.15) is 5.00 Å². The molecule has 1 aliphatic rings. The maximum atomic E-state index is 12.3. The van der Waals surface area contributed by atoms with Crippen molar-refractivity contribution in [3.8, 4) is 11.5 Å². The molecule has 6 heteroatoms. The topological polar surface area (TPSA) is 68.1 Å². The van der Waals surface area contributed by atoms with Gasteiger partial charge in [-0.05, 0) is 43.9 Å². The number of para-hydroxylation sites is 1. The molecule has 0 atom stereocenters. The molecule has 3 rings (SSSR count). The normalized spacial score (nSPS) is 13.2. The summed E-state index contributed by atoms with van der Waals surface area (Å²) in [4.78, 5) is 18.0. The lowest BCUT2D eigenvalue weighted by Crippen LogP contribution is -2.06. The number of aliphatic imine (C=N–C) groups is 1. The molecule has 1 aliphatic carbocycles. The highest BCUT2D eigenvalue weighted by Crippen LogP contribution is 2.41. The van der Waals surface area contributed by atoms with Crippen molar-refractivity contribution >= 4 is 28.5 Å². The Balaban J connectivity index is 1.97. The largest absolute Gasteiger partial charge is 0.504 e. The molecule has 0 amide bonds. The quantitative estimate of drug-likeness (QED) is 0.660. The van der Waals surface area contributed by atoms with Crippen LogP contribution in [0.2, 0.25) is 0 Å². The summed E-state index contributed by atoms with van der Waals surface area (Å²) < 4.78 is 10.3. The lowest BCUT2D eigenvalue weighted by Gasteiger charge is -2.05. The number of benzene rings is 1. The molecule has 1 N–H and O–H groups in total. The zero-order valence-corrected chi connectivity index (χ0v) is 14.5. The minimum absolute atomic E-state index is 0.0329. The van der Waals surface area contributed by atoms with Gasteiger partial charge in [0.2, 0.25) is 0 Å². The van der Waals surface area contributed by atoms with Gasteiger partial charge in [-0.15, -0.1) is 11.3 Å². The minimum Gasteiger partial charge on any atom is -0.504 e. The van der Waals surface area contributed by atoms with Crippen molar-refractivity contribution < 1.29 is 19.4 Å². The van der Waals surface area contributed by atoms with E-state index in [-0.39, 0.29) is 11.7 Å². The van der Waals surface area contributed by atoms with Crippen LogP contribution in [-0.4, -0.2) is 31.0 Å². The van der Waals surface area contributed by atoms with E-state index < -0.39 is 0 Å². The molecule has 0 fully saturated rings. The molecule has 24 heavy (non-hydrogen) atoms. The van der Waals surface area contributed by atoms with Crippen LogP contribution in [0.1, 0.15) is 39.7 Å². The molecular formula is C18H19NO4S. The first-order chi connectivity index (χ1) is 11.7. The first-order valence-electron chi connectivity index (χ1n) is 7.87. The van der Waals surface area contributed by atoms with E-state index in [0.717, 1.165) is 24.8 Å². The molecule has 0 unspecified atom stereocenters. The van der Waals surface area contributed by atoms with Crippen LogP contribution in [0, 0.1) is 0 Å². The van der Waals surface area contributed by atoms with Crippen LogP contribution in [0.4, 0.5) is 5.00 Å². The van der Waals surface area contributed by atoms with E-state index in [4.69, 9.17) is 9.47 Å². The second kappa shape index (κ2) is 7.05. The Hall–Kier alpha value is -2.34. The number of carbonyl (C=O) groups is 1. The zero-order chi connectivity index (χ0) is 17.1. The Kier molecular flexibility index (Phi) is 4.85. The van der Waals surface area contributed by atoms with Gasteiger partial charge >= 0.3 is 5.97 Å². The summed E-state index contributed by atoms with van der Waals surface area (Å²) in [6, 6.07) is 5.20. The van der Waals surface area contributed by atoms with Crippen LogP contribution < -0.4 is 4.74 Å². The van der Waals surface area contributed by atoms with Gasteiger partial charge < -0.3 is 14.6 Å². The van der Waals surface area contributed by atoms with Crippen molar-refractivity contribution in [2.45, 2.75) is 26.2 Å². The third-order valence-corrected chi connectivity index (χ3v) is 5.15. The number of phenolic OH excluding ortho intramolecular Hbond substituents is 1. The number of nitrogens with zero attached hydrogens (tertiary/aromatic N) is 1. The first-order valence-corrected chi connectivity index (χ1v) is 8.69. The molecule has 1 aromatic carbocycles. The number of fused-ring (bicyclic) bond motifs is 1. The predicted molar refractivity (Wildman–Crippen MR) is 94.2 cm³/mol. The average Bonchev–Trinajstić information content (AvgIpc) is 3.14. The summed E-state index contributed by atoms with van der Waals surface area (Å²) in [5, 5.41) is 10.8. The smallest absolute Gasteiger partial charge is 0.341 e. The molecule has 0 saturated carbocycles. The lowest BCUT2D eigenvalue weighted by atomic mass is 10.1. The number of esters is 1. The fourth-order valence-electron chi connectivity index (χ4n) is 2.83. The van der Waals surface area contributed by atoms with Crippen molar-refractivity contribution in [3.05, 3.63) is 39.8 Å². The average molecular weight is 345 g/mol. The Morgan fingerprint density at radius 1 is 1.42 bits per heavy atom. The molecule has 0 radical (unpaired) electrons. The Bertz CT molecular complexity index is 795. The molecule has 2 aromatic rings. The molecular weight excluding hydrogens is 326 g/mol. The second-order valence-corrected chi connectivity index (χ2v) is 6.50. The van der Waals surface area contributed by atoms with E-state index >= 15 is 0 Å². The van der Waals surface area contributed by atoms with E-state index in [9.17, 15) is 9.90 Å². The highest BCUT2D eigenvalue weighted by molar-refractivity contribution is 7.16. The van der Waals surface area contributed by atoms with E-state index in [0.29, 0.717) is 28.5 Å². The van der Waals surface area contributed by atoms with Crippen LogP contribution in [0.15, 0.2) is 23.2 Å². The zero-order valence-electron chi connectivity index (χ0n) is 13.7. The Morgan fingerprint density at radius 2 is 2.25 bits per heavy atom. The van der Waals surface area contributed by atoms with E-state index in [1.165, 1.54) is 23.3 Å². The minimum atomic E-state index is -0.320. The molecule has 0 aliphatic heterocycles. The highest BCUT2D eigenvalue weighted by atomic mass is 32.1. The van der Waals surface area contributed by atoms with Crippen LogP contribution in [-0.2, 0) is 17.6 Å². The Labute approximate surface area is 144 Å². The summed E-state index contributed by atoms with van der Waals surface area (Å²) in [6.07, 6.45) is 4.49. The number of thiophene rings is 1. The SMILES string of the molecule is CCOC(=O)c1c(N=Cc2cccc(OC)c2O)sc2c1CCC2. The summed E-state index contributed by atoms with van der Waals surface area (Å²) in [6.45, 7) is 2.13. The standard InChI is InChI=1S/C18H19NO4S/c1-3-23-18(21)15-12-7-5-9-14(12)24-17(15)19-10-11-6-4-8-13(22-2)16(11)20/h4,6,8,10,20H,3,5,7,9H2,1-2H3. The number of aryl methyl sites for hydroxylation is 1. The second-order valence-electron chi connectivity index (χ2n) is 5.41. The van der Waals surface area contributed by atoms with Crippen LogP contribution in [0.25, 0.3) is 0 Å². The van der Waals surface area contributed by atoms with E-state index in [1.54, 1.807) is 31.3 Å². The van der Waals surface area contributed by atoms with Gasteiger partial charge in [0, 0.05) is 16.7 Å².